The zero-order chi connectivity index (χ0) is 23.3. The molecule has 2 saturated heterocycles. The Labute approximate surface area is 206 Å². The van der Waals surface area contributed by atoms with Crippen molar-refractivity contribution in [1.82, 2.24) is 19.6 Å². The highest BCUT2D eigenvalue weighted by Gasteiger charge is 2.15. The monoisotopic (exact) mass is 458 g/mol. The van der Waals surface area contributed by atoms with E-state index in [1.165, 1.54) is 113 Å². The van der Waals surface area contributed by atoms with Gasteiger partial charge in [0.15, 0.2) is 0 Å². The Bertz CT molecular complexity index is 992. The van der Waals surface area contributed by atoms with Crippen molar-refractivity contribution in [3.05, 3.63) is 59.7 Å². The van der Waals surface area contributed by atoms with Gasteiger partial charge in [0.1, 0.15) is 0 Å². The summed E-state index contributed by atoms with van der Waals surface area (Å²) in [5, 5.41) is 5.50. The van der Waals surface area contributed by atoms with Gasteiger partial charge >= 0.3 is 0 Å². The molecule has 0 amide bonds. The average Bonchev–Trinajstić information content (AvgIpc) is 2.85. The van der Waals surface area contributed by atoms with Gasteiger partial charge in [0.05, 0.1) is 0 Å². The third kappa shape index (κ3) is 5.98. The molecule has 0 N–H and O–H groups in total. The summed E-state index contributed by atoms with van der Waals surface area (Å²) in [5.41, 5.74) is 3.16. The normalized spacial score (nSPS) is 19.4. The molecule has 3 aromatic carbocycles. The lowest BCUT2D eigenvalue weighted by Crippen LogP contribution is -2.44. The van der Waals surface area contributed by atoms with E-state index in [1.807, 2.05) is 0 Å². The number of hydrogen-bond donors (Lipinski definition) is 0. The van der Waals surface area contributed by atoms with Crippen molar-refractivity contribution in [2.24, 2.45) is 0 Å². The fraction of sp³-hybridized carbons (Fsp3) is 0.533. The molecule has 0 aliphatic carbocycles. The van der Waals surface area contributed by atoms with Crippen LogP contribution in [0.3, 0.4) is 0 Å². The van der Waals surface area contributed by atoms with Gasteiger partial charge in [0, 0.05) is 52.4 Å². The second-order valence-electron chi connectivity index (χ2n) is 10.7. The standard InChI is InChI=1S/C30H42N4/c1-31-13-17-33(18-14-31)11-5-9-27-23-29-21-25-7-3-4-8-26(25)22-30(29)24-28(27)10-6-12-34-19-15-32(2)16-20-34/h3-4,7-8,21-24H,5-6,9-20H2,1-2H3. The largest absolute Gasteiger partial charge is 0.304 e. The van der Waals surface area contributed by atoms with Crippen LogP contribution in [0.2, 0.25) is 0 Å². The third-order valence-electron chi connectivity index (χ3n) is 8.06. The summed E-state index contributed by atoms with van der Waals surface area (Å²) in [6, 6.07) is 18.6. The Hall–Kier alpha value is -1.98. The van der Waals surface area contributed by atoms with Gasteiger partial charge in [-0.1, -0.05) is 36.4 Å². The van der Waals surface area contributed by atoms with Crippen molar-refractivity contribution >= 4 is 21.5 Å². The summed E-state index contributed by atoms with van der Waals surface area (Å²) in [6.07, 6.45) is 4.90. The van der Waals surface area contributed by atoms with Crippen molar-refractivity contribution in [3.63, 3.8) is 0 Å². The van der Waals surface area contributed by atoms with Gasteiger partial charge < -0.3 is 19.6 Å². The predicted molar refractivity (Wildman–Crippen MR) is 146 cm³/mol. The maximum absolute atomic E-state index is 2.65. The number of benzene rings is 3. The van der Waals surface area contributed by atoms with E-state index >= 15 is 0 Å². The van der Waals surface area contributed by atoms with E-state index in [2.05, 4.69) is 82.2 Å². The van der Waals surface area contributed by atoms with E-state index in [-0.39, 0.29) is 0 Å². The molecular formula is C30H42N4. The SMILES string of the molecule is CN1CCN(CCCc2cc3cc4ccccc4cc3cc2CCCN2CCN(C)CC2)CC1. The second-order valence-corrected chi connectivity index (χ2v) is 10.7. The van der Waals surface area contributed by atoms with Gasteiger partial charge in [0.2, 0.25) is 0 Å². The molecule has 34 heavy (non-hydrogen) atoms. The zero-order valence-electron chi connectivity index (χ0n) is 21.3. The summed E-state index contributed by atoms with van der Waals surface area (Å²) >= 11 is 0. The number of likely N-dealkylation sites (N-methyl/N-ethyl adjacent to an activating group) is 2. The first kappa shape index (κ1) is 23.7. The predicted octanol–water partition coefficient (Wildman–Crippen LogP) is 4.35. The van der Waals surface area contributed by atoms with Crippen LogP contribution in [0, 0.1) is 0 Å². The minimum Gasteiger partial charge on any atom is -0.304 e. The van der Waals surface area contributed by atoms with Gasteiger partial charge in [-0.3, -0.25) is 0 Å². The molecule has 5 rings (SSSR count). The molecule has 4 nitrogen and oxygen atoms in total. The molecule has 0 radical (unpaired) electrons. The Morgan fingerprint density at radius 3 is 1.35 bits per heavy atom. The Morgan fingerprint density at radius 2 is 0.941 bits per heavy atom. The van der Waals surface area contributed by atoms with Crippen LogP contribution in [0.15, 0.2) is 48.5 Å². The van der Waals surface area contributed by atoms with E-state index in [9.17, 15) is 0 Å². The van der Waals surface area contributed by atoms with Crippen molar-refractivity contribution in [2.45, 2.75) is 25.7 Å². The molecule has 2 fully saturated rings. The summed E-state index contributed by atoms with van der Waals surface area (Å²) in [6.45, 7) is 12.2. The highest BCUT2D eigenvalue weighted by atomic mass is 15.2. The molecule has 0 spiro atoms. The van der Waals surface area contributed by atoms with E-state index in [1.54, 1.807) is 11.1 Å². The molecule has 2 heterocycles. The van der Waals surface area contributed by atoms with Crippen LogP contribution in [0.5, 0.6) is 0 Å². The van der Waals surface area contributed by atoms with Gasteiger partial charge in [-0.05, 0) is 97.7 Å². The molecule has 4 heteroatoms. The molecule has 182 valence electrons. The van der Waals surface area contributed by atoms with E-state index in [0.717, 1.165) is 0 Å². The van der Waals surface area contributed by atoms with Crippen molar-refractivity contribution in [2.75, 3.05) is 79.5 Å². The topological polar surface area (TPSA) is 13.0 Å². The minimum absolute atomic E-state index is 1.19. The Morgan fingerprint density at radius 1 is 0.529 bits per heavy atom. The molecule has 0 bridgehead atoms. The van der Waals surface area contributed by atoms with Crippen LogP contribution in [-0.2, 0) is 12.8 Å². The Balaban J connectivity index is 1.30. The van der Waals surface area contributed by atoms with Crippen LogP contribution in [-0.4, -0.2) is 99.1 Å². The number of fused-ring (bicyclic) bond motifs is 2. The first-order chi connectivity index (χ1) is 16.6. The zero-order valence-corrected chi connectivity index (χ0v) is 21.3. The maximum atomic E-state index is 2.65. The Kier molecular flexibility index (Phi) is 7.80. The molecule has 3 aromatic rings. The van der Waals surface area contributed by atoms with Gasteiger partial charge in [-0.2, -0.15) is 0 Å². The smallest absolute Gasteiger partial charge is 0.0110 e. The van der Waals surface area contributed by atoms with Crippen molar-refractivity contribution < 1.29 is 0 Å². The molecule has 0 aromatic heterocycles. The minimum atomic E-state index is 1.19. The molecular weight excluding hydrogens is 416 g/mol. The first-order valence-electron chi connectivity index (χ1n) is 13.4. The van der Waals surface area contributed by atoms with E-state index < -0.39 is 0 Å². The van der Waals surface area contributed by atoms with Gasteiger partial charge in [0.25, 0.3) is 0 Å². The quantitative estimate of drug-likeness (QED) is 0.465. The first-order valence-corrected chi connectivity index (χ1v) is 13.4. The van der Waals surface area contributed by atoms with Crippen LogP contribution >= 0.6 is 0 Å². The fourth-order valence-corrected chi connectivity index (χ4v) is 5.68. The third-order valence-corrected chi connectivity index (χ3v) is 8.06. The van der Waals surface area contributed by atoms with Gasteiger partial charge in [-0.25, -0.2) is 0 Å². The lowest BCUT2D eigenvalue weighted by molar-refractivity contribution is 0.152. The highest BCUT2D eigenvalue weighted by Crippen LogP contribution is 2.27. The second kappa shape index (κ2) is 11.2. The summed E-state index contributed by atoms with van der Waals surface area (Å²) in [7, 11) is 4.48. The maximum Gasteiger partial charge on any atom is 0.0110 e. The van der Waals surface area contributed by atoms with Crippen molar-refractivity contribution in [3.8, 4) is 0 Å². The number of rotatable bonds is 8. The van der Waals surface area contributed by atoms with E-state index in [0.29, 0.717) is 0 Å². The lowest BCUT2D eigenvalue weighted by atomic mass is 9.93. The molecule has 2 aliphatic heterocycles. The number of nitrogens with zero attached hydrogens (tertiary/aromatic N) is 4. The van der Waals surface area contributed by atoms with Gasteiger partial charge in [-0.15, -0.1) is 0 Å². The average molecular weight is 459 g/mol. The number of piperazine rings is 2. The highest BCUT2D eigenvalue weighted by molar-refractivity contribution is 5.98. The van der Waals surface area contributed by atoms with Crippen LogP contribution in [0.1, 0.15) is 24.0 Å². The molecule has 2 aliphatic rings. The van der Waals surface area contributed by atoms with Crippen LogP contribution in [0.25, 0.3) is 21.5 Å². The van der Waals surface area contributed by atoms with E-state index in [4.69, 9.17) is 0 Å². The molecule has 0 saturated carbocycles. The fourth-order valence-electron chi connectivity index (χ4n) is 5.68. The number of aryl methyl sites for hydroxylation is 2. The summed E-state index contributed by atoms with van der Waals surface area (Å²) < 4.78 is 0. The van der Waals surface area contributed by atoms with Crippen LogP contribution in [0.4, 0.5) is 0 Å². The van der Waals surface area contributed by atoms with Crippen molar-refractivity contribution in [1.29, 1.82) is 0 Å². The molecule has 0 unspecified atom stereocenters. The number of hydrogen-bond acceptors (Lipinski definition) is 4. The van der Waals surface area contributed by atoms with Crippen LogP contribution < -0.4 is 0 Å². The lowest BCUT2D eigenvalue weighted by Gasteiger charge is -2.32. The summed E-state index contributed by atoms with van der Waals surface area (Å²) in [5.74, 6) is 0. The molecule has 0 atom stereocenters. The summed E-state index contributed by atoms with van der Waals surface area (Å²) in [4.78, 5) is 10.2.